The minimum absolute atomic E-state index is 0.331. The molecule has 0 spiro atoms. The highest BCUT2D eigenvalue weighted by Crippen LogP contribution is 2.26. The lowest BCUT2D eigenvalue weighted by molar-refractivity contribution is 0.269. The van der Waals surface area contributed by atoms with Gasteiger partial charge in [-0.15, -0.1) is 0 Å². The maximum absolute atomic E-state index is 12.6. The van der Waals surface area contributed by atoms with Crippen molar-refractivity contribution in [2.24, 2.45) is 11.7 Å². The molecular weight excluding hydrogens is 288 g/mol. The second kappa shape index (κ2) is 7.24. The van der Waals surface area contributed by atoms with Gasteiger partial charge in [-0.25, -0.2) is 8.42 Å². The molecule has 0 saturated carbocycles. The summed E-state index contributed by atoms with van der Waals surface area (Å²) in [5.41, 5.74) is 5.37. The number of benzene rings is 1. The molecule has 0 amide bonds. The van der Waals surface area contributed by atoms with Crippen LogP contribution >= 0.6 is 0 Å². The average molecular weight is 312 g/mol. The molecule has 1 saturated heterocycles. The van der Waals surface area contributed by atoms with Crippen LogP contribution in [0.5, 0.6) is 5.75 Å². The summed E-state index contributed by atoms with van der Waals surface area (Å²) >= 11 is 0. The first-order valence-corrected chi connectivity index (χ1v) is 8.95. The van der Waals surface area contributed by atoms with Gasteiger partial charge >= 0.3 is 0 Å². The van der Waals surface area contributed by atoms with E-state index in [9.17, 15) is 8.42 Å². The number of piperidine rings is 1. The molecule has 1 aromatic rings. The first kappa shape index (κ1) is 16.3. The molecule has 1 heterocycles. The van der Waals surface area contributed by atoms with Crippen LogP contribution in [0, 0.1) is 5.92 Å². The minimum atomic E-state index is -3.38. The lowest BCUT2D eigenvalue weighted by atomic mass is 9.96. The molecule has 2 rings (SSSR count). The first-order valence-electron chi connectivity index (χ1n) is 7.51. The van der Waals surface area contributed by atoms with Crippen molar-refractivity contribution in [3.63, 3.8) is 0 Å². The van der Waals surface area contributed by atoms with E-state index in [1.54, 1.807) is 28.6 Å². The number of ether oxygens (including phenoxy) is 1. The van der Waals surface area contributed by atoms with E-state index >= 15 is 0 Å². The normalized spacial score (nSPS) is 17.8. The smallest absolute Gasteiger partial charge is 0.243 e. The summed E-state index contributed by atoms with van der Waals surface area (Å²) in [6.07, 6.45) is 3.03. The summed E-state index contributed by atoms with van der Waals surface area (Å²) < 4.78 is 32.1. The first-order chi connectivity index (χ1) is 10.1. The molecule has 0 radical (unpaired) electrons. The summed E-state index contributed by atoms with van der Waals surface area (Å²) in [5, 5.41) is 0. The molecule has 2 N–H and O–H groups in total. The quantitative estimate of drug-likeness (QED) is 0.870. The van der Waals surface area contributed by atoms with Gasteiger partial charge in [0.25, 0.3) is 0 Å². The molecule has 0 atom stereocenters. The van der Waals surface area contributed by atoms with Crippen molar-refractivity contribution in [2.45, 2.75) is 31.1 Å². The molecule has 1 aliphatic rings. The molecule has 1 aromatic carbocycles. The Bertz CT molecular complexity index is 535. The van der Waals surface area contributed by atoms with Crippen LogP contribution in [0.25, 0.3) is 0 Å². The van der Waals surface area contributed by atoms with E-state index in [0.717, 1.165) is 19.3 Å². The van der Waals surface area contributed by atoms with Crippen molar-refractivity contribution in [3.8, 4) is 5.75 Å². The molecule has 0 unspecified atom stereocenters. The summed E-state index contributed by atoms with van der Waals surface area (Å²) in [5.74, 6) is 1.30. The van der Waals surface area contributed by atoms with E-state index in [4.69, 9.17) is 10.5 Å². The zero-order chi connectivity index (χ0) is 15.3. The maximum atomic E-state index is 12.6. The van der Waals surface area contributed by atoms with Crippen LogP contribution < -0.4 is 10.5 Å². The largest absolute Gasteiger partial charge is 0.492 e. The number of sulfonamides is 1. The van der Waals surface area contributed by atoms with Crippen LogP contribution in [0.4, 0.5) is 0 Å². The fraction of sp³-hybridized carbons (Fsp3) is 0.600. The van der Waals surface area contributed by atoms with Crippen molar-refractivity contribution < 1.29 is 13.2 Å². The maximum Gasteiger partial charge on any atom is 0.243 e. The van der Waals surface area contributed by atoms with Crippen molar-refractivity contribution >= 4 is 10.0 Å². The molecule has 6 heteroatoms. The third kappa shape index (κ3) is 3.96. The Morgan fingerprint density at radius 1 is 1.24 bits per heavy atom. The van der Waals surface area contributed by atoms with Crippen LogP contribution in [0.1, 0.15) is 26.2 Å². The van der Waals surface area contributed by atoms with Gasteiger partial charge in [-0.05, 0) is 43.0 Å². The van der Waals surface area contributed by atoms with Gasteiger partial charge in [0, 0.05) is 19.6 Å². The van der Waals surface area contributed by atoms with E-state index in [2.05, 4.69) is 6.92 Å². The molecule has 0 aromatic heterocycles. The topological polar surface area (TPSA) is 72.6 Å². The number of hydrogen-bond donors (Lipinski definition) is 1. The highest BCUT2D eigenvalue weighted by molar-refractivity contribution is 7.89. The molecule has 5 nitrogen and oxygen atoms in total. The summed E-state index contributed by atoms with van der Waals surface area (Å²) in [7, 11) is -3.38. The van der Waals surface area contributed by atoms with Crippen LogP contribution in [-0.2, 0) is 10.0 Å². The van der Waals surface area contributed by atoms with Gasteiger partial charge in [0.05, 0.1) is 4.90 Å². The third-order valence-electron chi connectivity index (χ3n) is 4.00. The minimum Gasteiger partial charge on any atom is -0.492 e. The van der Waals surface area contributed by atoms with E-state index in [0.29, 0.717) is 42.8 Å². The van der Waals surface area contributed by atoms with Crippen molar-refractivity contribution in [3.05, 3.63) is 24.3 Å². The fourth-order valence-electron chi connectivity index (χ4n) is 2.59. The van der Waals surface area contributed by atoms with Gasteiger partial charge < -0.3 is 10.5 Å². The number of rotatable bonds is 6. The molecule has 21 heavy (non-hydrogen) atoms. The van der Waals surface area contributed by atoms with E-state index < -0.39 is 10.0 Å². The van der Waals surface area contributed by atoms with Crippen molar-refractivity contribution in [1.29, 1.82) is 0 Å². The van der Waals surface area contributed by atoms with Crippen LogP contribution in [0.2, 0.25) is 0 Å². The third-order valence-corrected chi connectivity index (χ3v) is 5.91. The SMILES string of the molecule is CCC1CCN(S(=O)(=O)c2ccc(OCCN)cc2)CC1. The van der Waals surface area contributed by atoms with E-state index in [-0.39, 0.29) is 0 Å². The van der Waals surface area contributed by atoms with Gasteiger partial charge in [0.1, 0.15) is 12.4 Å². The summed E-state index contributed by atoms with van der Waals surface area (Å²) in [4.78, 5) is 0.331. The molecular formula is C15H24N2O3S. The Labute approximate surface area is 127 Å². The second-order valence-corrected chi connectivity index (χ2v) is 7.30. The monoisotopic (exact) mass is 312 g/mol. The number of hydrogen-bond acceptors (Lipinski definition) is 4. The van der Waals surface area contributed by atoms with E-state index in [1.165, 1.54) is 0 Å². The number of nitrogens with two attached hydrogens (primary N) is 1. The lowest BCUT2D eigenvalue weighted by Crippen LogP contribution is -2.38. The summed E-state index contributed by atoms with van der Waals surface area (Å²) in [6, 6.07) is 6.57. The van der Waals surface area contributed by atoms with Gasteiger partial charge in [0.15, 0.2) is 0 Å². The Hall–Kier alpha value is -1.11. The van der Waals surface area contributed by atoms with Crippen molar-refractivity contribution in [2.75, 3.05) is 26.2 Å². The predicted octanol–water partition coefficient (Wildman–Crippen LogP) is 1.83. The van der Waals surface area contributed by atoms with Gasteiger partial charge in [0.2, 0.25) is 10.0 Å². The van der Waals surface area contributed by atoms with Gasteiger partial charge in [-0.2, -0.15) is 4.31 Å². The second-order valence-electron chi connectivity index (χ2n) is 5.36. The fourth-order valence-corrected chi connectivity index (χ4v) is 4.06. The Morgan fingerprint density at radius 3 is 2.38 bits per heavy atom. The van der Waals surface area contributed by atoms with Crippen molar-refractivity contribution in [1.82, 2.24) is 4.31 Å². The Morgan fingerprint density at radius 2 is 1.86 bits per heavy atom. The Balaban J connectivity index is 2.05. The van der Waals surface area contributed by atoms with Crippen LogP contribution in [0.3, 0.4) is 0 Å². The average Bonchev–Trinajstić information content (AvgIpc) is 2.53. The van der Waals surface area contributed by atoms with Gasteiger partial charge in [-0.3, -0.25) is 0 Å². The van der Waals surface area contributed by atoms with Crippen LogP contribution in [-0.4, -0.2) is 39.0 Å². The molecule has 0 aliphatic carbocycles. The zero-order valence-electron chi connectivity index (χ0n) is 12.5. The van der Waals surface area contributed by atoms with Crippen LogP contribution in [0.15, 0.2) is 29.2 Å². The molecule has 1 fully saturated rings. The molecule has 1 aliphatic heterocycles. The zero-order valence-corrected chi connectivity index (χ0v) is 13.3. The Kier molecular flexibility index (Phi) is 5.61. The molecule has 0 bridgehead atoms. The molecule has 118 valence electrons. The van der Waals surface area contributed by atoms with E-state index in [1.807, 2.05) is 0 Å². The highest BCUT2D eigenvalue weighted by atomic mass is 32.2. The highest BCUT2D eigenvalue weighted by Gasteiger charge is 2.28. The predicted molar refractivity (Wildman–Crippen MR) is 82.8 cm³/mol. The lowest BCUT2D eigenvalue weighted by Gasteiger charge is -2.30. The number of nitrogens with zero attached hydrogens (tertiary/aromatic N) is 1. The standard InChI is InChI=1S/C15H24N2O3S/c1-2-13-7-10-17(11-8-13)21(18,19)15-5-3-14(4-6-15)20-12-9-16/h3-6,13H,2,7-12,16H2,1H3. The van der Waals surface area contributed by atoms with Gasteiger partial charge in [-0.1, -0.05) is 13.3 Å². The summed E-state index contributed by atoms with van der Waals surface area (Å²) in [6.45, 7) is 4.26.